The summed E-state index contributed by atoms with van der Waals surface area (Å²) in [5.74, 6) is 0.771. The first kappa shape index (κ1) is 22.5. The number of nitrogens with one attached hydrogen (secondary N) is 1. The van der Waals surface area contributed by atoms with Crippen LogP contribution < -0.4 is 10.2 Å². The van der Waals surface area contributed by atoms with Crippen molar-refractivity contribution in [1.29, 1.82) is 5.26 Å². The van der Waals surface area contributed by atoms with Crippen LogP contribution in [0.3, 0.4) is 0 Å². The van der Waals surface area contributed by atoms with Crippen LogP contribution in [0.5, 0.6) is 0 Å². The molecule has 2 bridgehead atoms. The lowest BCUT2D eigenvalue weighted by atomic mass is 9.98. The van der Waals surface area contributed by atoms with E-state index in [0.717, 1.165) is 53.0 Å². The number of fused-ring (bicyclic) bond motifs is 3. The molecule has 0 aliphatic carbocycles. The molecule has 2 aliphatic rings. The molecule has 0 spiro atoms. The number of hydrogen-bond acceptors (Lipinski definition) is 7. The van der Waals surface area contributed by atoms with E-state index in [1.165, 1.54) is 5.69 Å². The smallest absolute Gasteiger partial charge is 0.290 e. The number of benzene rings is 2. The van der Waals surface area contributed by atoms with Gasteiger partial charge in [0, 0.05) is 23.0 Å². The van der Waals surface area contributed by atoms with Gasteiger partial charge in [0.1, 0.15) is 0 Å². The number of nitrogens with zero attached hydrogens (tertiary/aromatic N) is 4. The van der Waals surface area contributed by atoms with Gasteiger partial charge in [0.05, 0.1) is 42.1 Å². The molecule has 1 unspecified atom stereocenters. The fourth-order valence-electron chi connectivity index (χ4n) is 4.80. The van der Waals surface area contributed by atoms with Crippen molar-refractivity contribution in [3.8, 4) is 6.07 Å². The molecule has 8 heteroatoms. The Kier molecular flexibility index (Phi) is 6.43. The number of carboxylic acid groups (broad SMARTS) is 1. The molecule has 2 aromatic carbocycles. The molecule has 0 saturated carbocycles. The number of hydrogen-bond donors (Lipinski definition) is 2. The Hall–Kier alpha value is -3.70. The van der Waals surface area contributed by atoms with Gasteiger partial charge in [0.25, 0.3) is 6.47 Å². The quantitative estimate of drug-likeness (QED) is 0.580. The largest absolute Gasteiger partial charge is 0.483 e. The number of aromatic nitrogens is 2. The third kappa shape index (κ3) is 4.32. The highest BCUT2D eigenvalue weighted by atomic mass is 16.5. The summed E-state index contributed by atoms with van der Waals surface area (Å²) in [6.07, 6.45) is 1.47. The molecular weight excluding hydrogens is 418 g/mol. The van der Waals surface area contributed by atoms with Gasteiger partial charge in [-0.2, -0.15) is 10.4 Å². The summed E-state index contributed by atoms with van der Waals surface area (Å²) < 4.78 is 5.77. The minimum absolute atomic E-state index is 0.00152. The molecule has 2 aliphatic heterocycles. The molecule has 1 aromatic heterocycles. The number of anilines is 2. The molecule has 5 rings (SSSR count). The standard InChI is InChI=1S/C24H25N5O.CH2O2/c1-14-17(11-25)5-4-6-21(14)15(2)26-24-23-10-18(7-8-22(23)16(3)27-28-24)29-12-20-9-19(29)13-30-20;2-1-3/h4-8,10,15,19-20H,9,12-13H2,1-3H3,(H,26,28);1H,(H,2,3)/t15?,19-,20-;/m1./s1. The van der Waals surface area contributed by atoms with E-state index in [2.05, 4.69) is 57.7 Å². The molecule has 3 atom stereocenters. The highest BCUT2D eigenvalue weighted by Gasteiger charge is 2.39. The zero-order valence-corrected chi connectivity index (χ0v) is 18.9. The molecule has 2 N–H and O–H groups in total. The van der Waals surface area contributed by atoms with Gasteiger partial charge in [-0.15, -0.1) is 5.10 Å². The third-order valence-electron chi connectivity index (χ3n) is 6.50. The van der Waals surface area contributed by atoms with Crippen LogP contribution in [-0.2, 0) is 9.53 Å². The summed E-state index contributed by atoms with van der Waals surface area (Å²) in [5, 5.41) is 30.8. The number of morpholine rings is 1. The molecule has 8 nitrogen and oxygen atoms in total. The highest BCUT2D eigenvalue weighted by Crippen LogP contribution is 2.36. The van der Waals surface area contributed by atoms with E-state index in [1.54, 1.807) is 0 Å². The van der Waals surface area contributed by atoms with Crippen LogP contribution >= 0.6 is 0 Å². The summed E-state index contributed by atoms with van der Waals surface area (Å²) in [6.45, 7) is 7.60. The molecule has 170 valence electrons. The third-order valence-corrected chi connectivity index (χ3v) is 6.50. The Morgan fingerprint density at radius 3 is 2.73 bits per heavy atom. The van der Waals surface area contributed by atoms with Crippen molar-refractivity contribution in [2.45, 2.75) is 45.4 Å². The summed E-state index contributed by atoms with van der Waals surface area (Å²) in [6, 6.07) is 15.1. The summed E-state index contributed by atoms with van der Waals surface area (Å²) in [7, 11) is 0. The van der Waals surface area contributed by atoms with E-state index in [-0.39, 0.29) is 12.5 Å². The first-order chi connectivity index (χ1) is 16.0. The van der Waals surface area contributed by atoms with Crippen molar-refractivity contribution in [1.82, 2.24) is 10.2 Å². The van der Waals surface area contributed by atoms with Crippen molar-refractivity contribution in [2.24, 2.45) is 0 Å². The van der Waals surface area contributed by atoms with Crippen LogP contribution in [0, 0.1) is 25.2 Å². The Morgan fingerprint density at radius 1 is 1.27 bits per heavy atom. The summed E-state index contributed by atoms with van der Waals surface area (Å²) >= 11 is 0. The minimum atomic E-state index is -0.250. The predicted octanol–water partition coefficient (Wildman–Crippen LogP) is 3.97. The van der Waals surface area contributed by atoms with Crippen LogP contribution in [0.1, 0.15) is 41.8 Å². The van der Waals surface area contributed by atoms with Crippen LogP contribution in [0.4, 0.5) is 11.5 Å². The van der Waals surface area contributed by atoms with Crippen molar-refractivity contribution in [3.63, 3.8) is 0 Å². The lowest BCUT2D eigenvalue weighted by Crippen LogP contribution is -2.36. The van der Waals surface area contributed by atoms with Gasteiger partial charge < -0.3 is 20.1 Å². The molecule has 0 radical (unpaired) electrons. The average molecular weight is 446 g/mol. The zero-order chi connectivity index (χ0) is 23.5. The predicted molar refractivity (Wildman–Crippen MR) is 126 cm³/mol. The first-order valence-corrected chi connectivity index (χ1v) is 11.0. The summed E-state index contributed by atoms with van der Waals surface area (Å²) in [5.41, 5.74) is 4.93. The molecule has 0 amide bonds. The second-order valence-corrected chi connectivity index (χ2v) is 8.46. The van der Waals surface area contributed by atoms with E-state index in [1.807, 2.05) is 26.0 Å². The van der Waals surface area contributed by atoms with Crippen LogP contribution in [0.2, 0.25) is 0 Å². The van der Waals surface area contributed by atoms with Gasteiger partial charge >= 0.3 is 0 Å². The van der Waals surface area contributed by atoms with E-state index in [9.17, 15) is 5.26 Å². The van der Waals surface area contributed by atoms with Crippen molar-refractivity contribution in [2.75, 3.05) is 23.4 Å². The zero-order valence-electron chi connectivity index (χ0n) is 18.9. The first-order valence-electron chi connectivity index (χ1n) is 11.0. The van der Waals surface area contributed by atoms with E-state index in [4.69, 9.17) is 14.6 Å². The molecule has 3 aromatic rings. The van der Waals surface area contributed by atoms with Crippen molar-refractivity contribution in [3.05, 3.63) is 58.8 Å². The normalized spacial score (nSPS) is 19.5. The lowest BCUT2D eigenvalue weighted by molar-refractivity contribution is -0.122. The van der Waals surface area contributed by atoms with E-state index < -0.39 is 0 Å². The average Bonchev–Trinajstić information content (AvgIpc) is 3.45. The van der Waals surface area contributed by atoms with Gasteiger partial charge in [-0.05, 0) is 56.5 Å². The Balaban J connectivity index is 0.000000821. The van der Waals surface area contributed by atoms with E-state index >= 15 is 0 Å². The van der Waals surface area contributed by atoms with Gasteiger partial charge in [-0.25, -0.2) is 0 Å². The fraction of sp³-hybridized carbons (Fsp3) is 0.360. The van der Waals surface area contributed by atoms with Crippen LogP contribution in [0.15, 0.2) is 36.4 Å². The molecule has 2 fully saturated rings. The number of rotatable bonds is 4. The Labute approximate surface area is 192 Å². The van der Waals surface area contributed by atoms with Gasteiger partial charge in [0.2, 0.25) is 0 Å². The van der Waals surface area contributed by atoms with Gasteiger partial charge in [-0.1, -0.05) is 18.2 Å². The molecular formula is C25H27N5O3. The van der Waals surface area contributed by atoms with Gasteiger partial charge in [-0.3, -0.25) is 4.79 Å². The van der Waals surface area contributed by atoms with Crippen molar-refractivity contribution < 1.29 is 14.6 Å². The monoisotopic (exact) mass is 445 g/mol. The Bertz CT molecular complexity index is 1220. The second kappa shape index (κ2) is 9.43. The minimum Gasteiger partial charge on any atom is -0.483 e. The fourth-order valence-corrected chi connectivity index (χ4v) is 4.80. The molecule has 33 heavy (non-hydrogen) atoms. The highest BCUT2D eigenvalue weighted by molar-refractivity contribution is 5.95. The van der Waals surface area contributed by atoms with Crippen LogP contribution in [0.25, 0.3) is 10.8 Å². The maximum atomic E-state index is 9.36. The molecule has 2 saturated heterocycles. The number of nitriles is 1. The van der Waals surface area contributed by atoms with Crippen LogP contribution in [-0.4, -0.2) is 47.1 Å². The second-order valence-electron chi connectivity index (χ2n) is 8.46. The maximum Gasteiger partial charge on any atom is 0.290 e. The molecule has 3 heterocycles. The van der Waals surface area contributed by atoms with Crippen molar-refractivity contribution >= 4 is 28.7 Å². The number of carbonyl (C=O) groups is 1. The maximum absolute atomic E-state index is 9.36. The van der Waals surface area contributed by atoms with E-state index in [0.29, 0.717) is 17.7 Å². The number of ether oxygens (including phenoxy) is 1. The lowest BCUT2D eigenvalue weighted by Gasteiger charge is -2.29. The topological polar surface area (TPSA) is 111 Å². The summed E-state index contributed by atoms with van der Waals surface area (Å²) in [4.78, 5) is 10.8. The SMILES string of the molecule is Cc1c(C#N)cccc1C(C)Nc1nnc(C)c2ccc(N3C[C@H]4C[C@@H]3CO4)cc12.O=CO. The number of aryl methyl sites for hydroxylation is 1. The van der Waals surface area contributed by atoms with Gasteiger partial charge in [0.15, 0.2) is 5.82 Å². The Morgan fingerprint density at radius 2 is 2.06 bits per heavy atom.